The van der Waals surface area contributed by atoms with Gasteiger partial charge in [-0.1, -0.05) is 18.2 Å². The third-order valence-corrected chi connectivity index (χ3v) is 5.50. The van der Waals surface area contributed by atoms with Gasteiger partial charge in [-0.15, -0.1) is 0 Å². The third-order valence-electron chi connectivity index (χ3n) is 5.50. The van der Waals surface area contributed by atoms with Crippen molar-refractivity contribution in [3.05, 3.63) is 71.5 Å². The number of para-hydroxylation sites is 1. The van der Waals surface area contributed by atoms with Gasteiger partial charge in [-0.2, -0.15) is 5.10 Å². The second kappa shape index (κ2) is 9.09. The van der Waals surface area contributed by atoms with Crippen LogP contribution in [0.3, 0.4) is 0 Å². The molecule has 0 aliphatic carbocycles. The molecule has 0 saturated heterocycles. The van der Waals surface area contributed by atoms with Crippen LogP contribution in [0.1, 0.15) is 23.4 Å². The molecule has 0 bridgehead atoms. The van der Waals surface area contributed by atoms with Crippen LogP contribution in [0.25, 0.3) is 16.9 Å². The number of ether oxygens (including phenoxy) is 2. The van der Waals surface area contributed by atoms with E-state index in [1.165, 1.54) is 0 Å². The first-order valence-electron chi connectivity index (χ1n) is 10.4. The Morgan fingerprint density at radius 3 is 2.62 bits per heavy atom. The van der Waals surface area contributed by atoms with Crippen LogP contribution in [0.2, 0.25) is 0 Å². The summed E-state index contributed by atoms with van der Waals surface area (Å²) in [5.74, 6) is 1.40. The van der Waals surface area contributed by atoms with E-state index in [1.54, 1.807) is 20.3 Å². The van der Waals surface area contributed by atoms with Gasteiger partial charge in [-0.3, -0.25) is 4.79 Å². The summed E-state index contributed by atoms with van der Waals surface area (Å²) in [5.41, 5.74) is 6.09. The average molecular weight is 431 g/mol. The van der Waals surface area contributed by atoms with Crippen LogP contribution < -0.4 is 14.8 Å². The molecule has 32 heavy (non-hydrogen) atoms. The van der Waals surface area contributed by atoms with E-state index < -0.39 is 0 Å². The molecule has 0 saturated carbocycles. The first-order valence-corrected chi connectivity index (χ1v) is 10.4. The second-order valence-corrected chi connectivity index (χ2v) is 7.54. The number of aromatic nitrogens is 3. The highest BCUT2D eigenvalue weighted by Crippen LogP contribution is 2.30. The summed E-state index contributed by atoms with van der Waals surface area (Å²) >= 11 is 0. The van der Waals surface area contributed by atoms with E-state index >= 15 is 0 Å². The molecule has 0 spiro atoms. The number of aryl methyl sites for hydroxylation is 2. The third kappa shape index (κ3) is 4.27. The van der Waals surface area contributed by atoms with Gasteiger partial charge in [0.05, 0.1) is 19.9 Å². The molecule has 1 N–H and O–H groups in total. The van der Waals surface area contributed by atoms with Crippen molar-refractivity contribution in [1.29, 1.82) is 0 Å². The molecule has 0 fully saturated rings. The number of hydrogen-bond donors (Lipinski definition) is 1. The maximum atomic E-state index is 12.5. The lowest BCUT2D eigenvalue weighted by atomic mass is 10.1. The minimum Gasteiger partial charge on any atom is -0.497 e. The highest BCUT2D eigenvalue weighted by molar-refractivity contribution is 5.91. The van der Waals surface area contributed by atoms with Gasteiger partial charge in [-0.25, -0.2) is 9.50 Å². The zero-order chi connectivity index (χ0) is 22.7. The molecule has 2 heterocycles. The number of carbonyl (C=O) groups excluding carboxylic acids is 1. The van der Waals surface area contributed by atoms with Crippen molar-refractivity contribution in [2.24, 2.45) is 0 Å². The van der Waals surface area contributed by atoms with Crippen LogP contribution in [0.15, 0.2) is 54.6 Å². The number of methoxy groups -OCH3 is 2. The Balaban J connectivity index is 1.56. The van der Waals surface area contributed by atoms with E-state index in [0.717, 1.165) is 39.6 Å². The smallest absolute Gasteiger partial charge is 0.224 e. The van der Waals surface area contributed by atoms with Gasteiger partial charge in [0.25, 0.3) is 0 Å². The standard InChI is InChI=1S/C25H26N4O3/c1-16-20(12-13-25(30)27-18-8-7-9-19(14-18)31-3)17(2)29-24(26-16)15-22(28-29)21-10-5-6-11-23(21)32-4/h5-11,14-15H,12-13H2,1-4H3,(H,27,30). The molecule has 0 radical (unpaired) electrons. The molecule has 0 atom stereocenters. The molecule has 4 aromatic rings. The van der Waals surface area contributed by atoms with Crippen molar-refractivity contribution in [3.63, 3.8) is 0 Å². The number of nitrogens with one attached hydrogen (secondary N) is 1. The van der Waals surface area contributed by atoms with Gasteiger partial charge in [0.15, 0.2) is 5.65 Å². The summed E-state index contributed by atoms with van der Waals surface area (Å²) in [5, 5.41) is 7.69. The molecule has 2 aromatic heterocycles. The number of hydrogen-bond acceptors (Lipinski definition) is 5. The second-order valence-electron chi connectivity index (χ2n) is 7.54. The zero-order valence-electron chi connectivity index (χ0n) is 18.7. The molecule has 0 aliphatic heterocycles. The fraction of sp³-hybridized carbons (Fsp3) is 0.240. The summed E-state index contributed by atoms with van der Waals surface area (Å²) in [7, 11) is 3.25. The SMILES string of the molecule is COc1cccc(NC(=O)CCc2c(C)nc3cc(-c4ccccc4OC)nn3c2C)c1. The molecule has 4 rings (SSSR count). The summed E-state index contributed by atoms with van der Waals surface area (Å²) < 4.78 is 12.5. The summed E-state index contributed by atoms with van der Waals surface area (Å²) in [4.78, 5) is 17.3. The van der Waals surface area contributed by atoms with Crippen LogP contribution in [0.4, 0.5) is 5.69 Å². The summed E-state index contributed by atoms with van der Waals surface area (Å²) in [6, 6.07) is 17.1. The number of carbonyl (C=O) groups is 1. The number of fused-ring (bicyclic) bond motifs is 1. The fourth-order valence-corrected chi connectivity index (χ4v) is 3.84. The number of benzene rings is 2. The van der Waals surface area contributed by atoms with Crippen LogP contribution in [0, 0.1) is 13.8 Å². The first kappa shape index (κ1) is 21.4. The van der Waals surface area contributed by atoms with E-state index in [1.807, 2.05) is 66.9 Å². The van der Waals surface area contributed by atoms with Gasteiger partial charge in [-0.05, 0) is 50.1 Å². The topological polar surface area (TPSA) is 77.8 Å². The molecule has 7 heteroatoms. The molecular weight excluding hydrogens is 404 g/mol. The Kier molecular flexibility index (Phi) is 6.07. The largest absolute Gasteiger partial charge is 0.497 e. The number of nitrogens with zero attached hydrogens (tertiary/aromatic N) is 3. The van der Waals surface area contributed by atoms with Crippen LogP contribution in [-0.4, -0.2) is 34.7 Å². The number of rotatable bonds is 7. The maximum Gasteiger partial charge on any atom is 0.224 e. The lowest BCUT2D eigenvalue weighted by Gasteiger charge is -2.11. The summed E-state index contributed by atoms with van der Waals surface area (Å²) in [6.45, 7) is 3.98. The van der Waals surface area contributed by atoms with Gasteiger partial charge in [0.2, 0.25) is 5.91 Å². The van der Waals surface area contributed by atoms with E-state index in [0.29, 0.717) is 24.3 Å². The Bertz CT molecular complexity index is 1280. The van der Waals surface area contributed by atoms with E-state index in [9.17, 15) is 4.79 Å². The van der Waals surface area contributed by atoms with Crippen LogP contribution >= 0.6 is 0 Å². The Hall–Kier alpha value is -3.87. The minimum absolute atomic E-state index is 0.0627. The lowest BCUT2D eigenvalue weighted by molar-refractivity contribution is -0.116. The molecule has 0 aliphatic rings. The molecule has 164 valence electrons. The normalized spacial score (nSPS) is 10.9. The van der Waals surface area contributed by atoms with E-state index in [-0.39, 0.29) is 5.91 Å². The molecule has 2 aromatic carbocycles. The van der Waals surface area contributed by atoms with Crippen molar-refractivity contribution in [2.75, 3.05) is 19.5 Å². The Morgan fingerprint density at radius 2 is 1.84 bits per heavy atom. The molecular formula is C25H26N4O3. The van der Waals surface area contributed by atoms with Gasteiger partial charge < -0.3 is 14.8 Å². The van der Waals surface area contributed by atoms with Crippen LogP contribution in [-0.2, 0) is 11.2 Å². The van der Waals surface area contributed by atoms with Gasteiger partial charge >= 0.3 is 0 Å². The maximum absolute atomic E-state index is 12.5. The monoisotopic (exact) mass is 430 g/mol. The molecule has 7 nitrogen and oxygen atoms in total. The fourth-order valence-electron chi connectivity index (χ4n) is 3.84. The minimum atomic E-state index is -0.0627. The Morgan fingerprint density at radius 1 is 1.03 bits per heavy atom. The van der Waals surface area contributed by atoms with Crippen molar-refractivity contribution in [1.82, 2.24) is 14.6 Å². The highest BCUT2D eigenvalue weighted by atomic mass is 16.5. The molecule has 0 unspecified atom stereocenters. The predicted molar refractivity (Wildman–Crippen MR) is 124 cm³/mol. The van der Waals surface area contributed by atoms with Crippen molar-refractivity contribution < 1.29 is 14.3 Å². The highest BCUT2D eigenvalue weighted by Gasteiger charge is 2.16. The molecule has 1 amide bonds. The Labute approximate surface area is 187 Å². The zero-order valence-corrected chi connectivity index (χ0v) is 18.7. The number of amides is 1. The van der Waals surface area contributed by atoms with E-state index in [4.69, 9.17) is 19.6 Å². The summed E-state index contributed by atoms with van der Waals surface area (Å²) in [6.07, 6.45) is 0.910. The van der Waals surface area contributed by atoms with E-state index in [2.05, 4.69) is 5.32 Å². The predicted octanol–water partition coefficient (Wildman–Crippen LogP) is 4.60. The van der Waals surface area contributed by atoms with Crippen LogP contribution in [0.5, 0.6) is 11.5 Å². The number of anilines is 1. The van der Waals surface area contributed by atoms with Crippen molar-refractivity contribution in [2.45, 2.75) is 26.7 Å². The van der Waals surface area contributed by atoms with Gasteiger partial charge in [0.1, 0.15) is 11.5 Å². The van der Waals surface area contributed by atoms with Crippen molar-refractivity contribution in [3.8, 4) is 22.8 Å². The van der Waals surface area contributed by atoms with Gasteiger partial charge in [0, 0.05) is 41.2 Å². The van der Waals surface area contributed by atoms with Crippen molar-refractivity contribution >= 4 is 17.2 Å². The lowest BCUT2D eigenvalue weighted by Crippen LogP contribution is -2.14. The quantitative estimate of drug-likeness (QED) is 0.464. The average Bonchev–Trinajstić information content (AvgIpc) is 3.23. The first-order chi connectivity index (χ1) is 15.5.